The normalized spacial score (nSPS) is 18.9. The van der Waals surface area contributed by atoms with E-state index in [4.69, 9.17) is 0 Å². The quantitative estimate of drug-likeness (QED) is 0.439. The van der Waals surface area contributed by atoms with Gasteiger partial charge in [-0.25, -0.2) is 0 Å². The number of carbonyl (C=O) groups is 2. The molecule has 0 spiro atoms. The molecule has 1 heterocycles. The van der Waals surface area contributed by atoms with Crippen LogP contribution in [0.5, 0.6) is 0 Å². The van der Waals surface area contributed by atoms with Gasteiger partial charge in [0.25, 0.3) is 5.91 Å². The maximum Gasteiger partial charge on any atom is 0.264 e. The number of carbonyl (C=O) groups excluding carboxylic acids is 2. The van der Waals surface area contributed by atoms with Crippen LogP contribution >= 0.6 is 38.5 Å². The molecular formula is C20H19BrINO3. The van der Waals surface area contributed by atoms with E-state index in [2.05, 4.69) is 45.4 Å². The van der Waals surface area contributed by atoms with Crippen LogP contribution in [0.3, 0.4) is 0 Å². The van der Waals surface area contributed by atoms with Crippen molar-refractivity contribution in [2.45, 2.75) is 31.8 Å². The molecule has 0 fully saturated rings. The standard InChI is InChI=1S/C20H19BrINO3/c1-2-3-10-23-17-9-6-14(21)11-16(17)20(26,19(23)25)12-18(24)13-4-7-15(22)8-5-13/h4-9,11,26H,2-3,10,12H2,1H3/t20-/m1/s1. The molecule has 1 atom stereocenters. The summed E-state index contributed by atoms with van der Waals surface area (Å²) in [6.07, 6.45) is 1.51. The van der Waals surface area contributed by atoms with E-state index < -0.39 is 11.5 Å². The lowest BCUT2D eigenvalue weighted by molar-refractivity contribution is -0.135. The Morgan fingerprint density at radius 2 is 1.92 bits per heavy atom. The van der Waals surface area contributed by atoms with Crippen molar-refractivity contribution in [3.8, 4) is 0 Å². The molecule has 1 amide bonds. The number of hydrogen-bond acceptors (Lipinski definition) is 3. The summed E-state index contributed by atoms with van der Waals surface area (Å²) in [6, 6.07) is 12.5. The second kappa shape index (κ2) is 7.78. The second-order valence-corrected chi connectivity index (χ2v) is 8.60. The Bertz CT molecular complexity index is 853. The highest BCUT2D eigenvalue weighted by Gasteiger charge is 2.50. The maximum atomic E-state index is 13.0. The first-order valence-corrected chi connectivity index (χ1v) is 10.4. The van der Waals surface area contributed by atoms with Crippen molar-refractivity contribution in [2.24, 2.45) is 0 Å². The molecule has 2 aromatic rings. The molecule has 136 valence electrons. The molecule has 1 aliphatic heterocycles. The van der Waals surface area contributed by atoms with E-state index in [0.717, 1.165) is 20.9 Å². The molecule has 0 bridgehead atoms. The lowest BCUT2D eigenvalue weighted by Gasteiger charge is -2.22. The zero-order chi connectivity index (χ0) is 18.9. The summed E-state index contributed by atoms with van der Waals surface area (Å²) in [7, 11) is 0. The Labute approximate surface area is 174 Å². The number of unbranched alkanes of at least 4 members (excludes halogenated alkanes) is 1. The average molecular weight is 528 g/mol. The summed E-state index contributed by atoms with van der Waals surface area (Å²) in [5.74, 6) is -0.668. The van der Waals surface area contributed by atoms with E-state index >= 15 is 0 Å². The predicted octanol–water partition coefficient (Wildman–Crippen LogP) is 4.66. The molecule has 0 aromatic heterocycles. The van der Waals surface area contributed by atoms with E-state index in [0.29, 0.717) is 23.4 Å². The maximum absolute atomic E-state index is 13.0. The lowest BCUT2D eigenvalue weighted by atomic mass is 9.88. The summed E-state index contributed by atoms with van der Waals surface area (Å²) in [4.78, 5) is 27.4. The third-order valence-electron chi connectivity index (χ3n) is 4.61. The first-order valence-electron chi connectivity index (χ1n) is 8.50. The summed E-state index contributed by atoms with van der Waals surface area (Å²) in [5.41, 5.74) is -0.154. The Hall–Kier alpha value is -1.25. The van der Waals surface area contributed by atoms with Gasteiger partial charge in [-0.2, -0.15) is 0 Å². The molecule has 1 N–H and O–H groups in total. The molecule has 0 radical (unpaired) electrons. The number of benzene rings is 2. The number of anilines is 1. The molecular weight excluding hydrogens is 509 g/mol. The third-order valence-corrected chi connectivity index (χ3v) is 5.82. The number of rotatable bonds is 6. The van der Waals surface area contributed by atoms with Crippen LogP contribution in [-0.2, 0) is 10.4 Å². The Morgan fingerprint density at radius 3 is 2.58 bits per heavy atom. The second-order valence-electron chi connectivity index (χ2n) is 6.44. The SMILES string of the molecule is CCCCN1C(=O)[C@@](O)(CC(=O)c2ccc(I)cc2)c2cc(Br)ccc21. The molecule has 6 heteroatoms. The van der Waals surface area contributed by atoms with Crippen molar-refractivity contribution in [1.82, 2.24) is 0 Å². The van der Waals surface area contributed by atoms with Crippen LogP contribution in [0, 0.1) is 3.57 Å². The Kier molecular flexibility index (Phi) is 5.84. The number of halogens is 2. The number of nitrogens with zero attached hydrogens (tertiary/aromatic N) is 1. The summed E-state index contributed by atoms with van der Waals surface area (Å²) < 4.78 is 1.79. The van der Waals surface area contributed by atoms with Gasteiger partial charge in [0.05, 0.1) is 12.1 Å². The average Bonchev–Trinajstić information content (AvgIpc) is 2.81. The van der Waals surface area contributed by atoms with Crippen LogP contribution in [0.4, 0.5) is 5.69 Å². The Morgan fingerprint density at radius 1 is 1.23 bits per heavy atom. The first-order chi connectivity index (χ1) is 12.4. The molecule has 26 heavy (non-hydrogen) atoms. The fraction of sp³-hybridized carbons (Fsp3) is 0.300. The van der Waals surface area contributed by atoms with Crippen LogP contribution < -0.4 is 4.90 Å². The summed E-state index contributed by atoms with van der Waals surface area (Å²) in [6.45, 7) is 2.58. The van der Waals surface area contributed by atoms with E-state index in [9.17, 15) is 14.7 Å². The van der Waals surface area contributed by atoms with E-state index in [-0.39, 0.29) is 12.2 Å². The fourth-order valence-corrected chi connectivity index (χ4v) is 3.92. The van der Waals surface area contributed by atoms with Crippen LogP contribution in [0.2, 0.25) is 0 Å². The Balaban J connectivity index is 1.96. The molecule has 4 nitrogen and oxygen atoms in total. The predicted molar refractivity (Wildman–Crippen MR) is 113 cm³/mol. The van der Waals surface area contributed by atoms with E-state index in [1.807, 2.05) is 24.3 Å². The molecule has 1 aliphatic rings. The number of aliphatic hydroxyl groups is 1. The number of amides is 1. The van der Waals surface area contributed by atoms with Gasteiger partial charge in [0.15, 0.2) is 11.4 Å². The van der Waals surface area contributed by atoms with Crippen molar-refractivity contribution < 1.29 is 14.7 Å². The van der Waals surface area contributed by atoms with Gasteiger partial charge in [-0.3, -0.25) is 9.59 Å². The summed E-state index contributed by atoms with van der Waals surface area (Å²) >= 11 is 5.57. The van der Waals surface area contributed by atoms with Crippen molar-refractivity contribution >= 4 is 55.9 Å². The van der Waals surface area contributed by atoms with Crippen molar-refractivity contribution in [2.75, 3.05) is 11.4 Å². The van der Waals surface area contributed by atoms with Crippen molar-refractivity contribution in [3.05, 3.63) is 61.6 Å². The largest absolute Gasteiger partial charge is 0.375 e. The number of fused-ring (bicyclic) bond motifs is 1. The molecule has 3 rings (SSSR count). The van der Waals surface area contributed by atoms with Crippen LogP contribution in [0.1, 0.15) is 42.1 Å². The zero-order valence-corrected chi connectivity index (χ0v) is 18.1. The first kappa shape index (κ1) is 19.5. The van der Waals surface area contributed by atoms with Crippen molar-refractivity contribution in [1.29, 1.82) is 0 Å². The number of hydrogen-bond donors (Lipinski definition) is 1. The number of ketones is 1. The van der Waals surface area contributed by atoms with Gasteiger partial charge in [0.1, 0.15) is 0 Å². The fourth-order valence-electron chi connectivity index (χ4n) is 3.20. The molecule has 0 saturated heterocycles. The minimum absolute atomic E-state index is 0.250. The monoisotopic (exact) mass is 527 g/mol. The molecule has 2 aromatic carbocycles. The smallest absolute Gasteiger partial charge is 0.264 e. The molecule has 0 aliphatic carbocycles. The van der Waals surface area contributed by atoms with Gasteiger partial charge in [-0.1, -0.05) is 41.4 Å². The van der Waals surface area contributed by atoms with Gasteiger partial charge >= 0.3 is 0 Å². The number of Topliss-reactive ketones (excluding diaryl/α,β-unsaturated/α-hetero) is 1. The minimum Gasteiger partial charge on any atom is -0.375 e. The topological polar surface area (TPSA) is 57.6 Å². The highest BCUT2D eigenvalue weighted by atomic mass is 127. The van der Waals surface area contributed by atoms with Crippen LogP contribution in [0.25, 0.3) is 0 Å². The van der Waals surface area contributed by atoms with Crippen LogP contribution in [0.15, 0.2) is 46.9 Å². The van der Waals surface area contributed by atoms with E-state index in [1.165, 1.54) is 0 Å². The summed E-state index contributed by atoms with van der Waals surface area (Å²) in [5, 5.41) is 11.3. The van der Waals surface area contributed by atoms with Gasteiger partial charge in [0, 0.05) is 25.7 Å². The van der Waals surface area contributed by atoms with Crippen molar-refractivity contribution in [3.63, 3.8) is 0 Å². The van der Waals surface area contributed by atoms with Crippen LogP contribution in [-0.4, -0.2) is 23.3 Å². The van der Waals surface area contributed by atoms with Gasteiger partial charge in [-0.15, -0.1) is 0 Å². The molecule has 0 unspecified atom stereocenters. The highest BCUT2D eigenvalue weighted by Crippen LogP contribution is 2.44. The van der Waals surface area contributed by atoms with Gasteiger partial charge in [-0.05, 0) is 59.3 Å². The molecule has 0 saturated carbocycles. The third kappa shape index (κ3) is 3.59. The van der Waals surface area contributed by atoms with Gasteiger partial charge < -0.3 is 10.0 Å². The van der Waals surface area contributed by atoms with Gasteiger partial charge in [0.2, 0.25) is 0 Å². The minimum atomic E-state index is -1.83. The lowest BCUT2D eigenvalue weighted by Crippen LogP contribution is -2.42. The zero-order valence-electron chi connectivity index (χ0n) is 14.3. The van der Waals surface area contributed by atoms with E-state index in [1.54, 1.807) is 23.1 Å². The highest BCUT2D eigenvalue weighted by molar-refractivity contribution is 14.1.